The molecule has 0 spiro atoms. The zero-order valence-electron chi connectivity index (χ0n) is 15.1. The van der Waals surface area contributed by atoms with Crippen LogP contribution in [0.15, 0.2) is 33.7 Å². The van der Waals surface area contributed by atoms with E-state index in [1.54, 1.807) is 26.0 Å². The number of hydrogen-bond acceptors (Lipinski definition) is 5. The van der Waals surface area contributed by atoms with Crippen LogP contribution in [0.2, 0.25) is 0 Å². The summed E-state index contributed by atoms with van der Waals surface area (Å²) in [6, 6.07) is 6.98. The molecule has 1 aromatic heterocycles. The van der Waals surface area contributed by atoms with Crippen LogP contribution in [0.25, 0.3) is 0 Å². The third kappa shape index (κ3) is 3.33. The summed E-state index contributed by atoms with van der Waals surface area (Å²) in [5.74, 6) is 0.291. The first-order valence-corrected chi connectivity index (χ1v) is 10.1. The largest absolute Gasteiger partial charge is 0.360 e. The summed E-state index contributed by atoms with van der Waals surface area (Å²) in [6.07, 6.45) is 2.52. The smallest absolute Gasteiger partial charge is 0.267 e. The topological polar surface area (TPSA) is 101 Å². The van der Waals surface area contributed by atoms with E-state index in [1.807, 2.05) is 19.1 Å². The average molecular weight is 377 g/mol. The number of nitrogens with one attached hydrogen (secondary N) is 2. The van der Waals surface area contributed by atoms with Crippen molar-refractivity contribution in [3.8, 4) is 0 Å². The van der Waals surface area contributed by atoms with Gasteiger partial charge in [0.25, 0.3) is 10.0 Å². The van der Waals surface area contributed by atoms with E-state index in [0.29, 0.717) is 17.9 Å². The van der Waals surface area contributed by atoms with Crippen LogP contribution < -0.4 is 10.0 Å². The van der Waals surface area contributed by atoms with Gasteiger partial charge in [-0.3, -0.25) is 9.52 Å². The molecule has 1 aliphatic rings. The van der Waals surface area contributed by atoms with Gasteiger partial charge >= 0.3 is 0 Å². The minimum Gasteiger partial charge on any atom is -0.360 e. The molecule has 1 saturated carbocycles. The molecule has 0 radical (unpaired) electrons. The molecule has 26 heavy (non-hydrogen) atoms. The van der Waals surface area contributed by atoms with Crippen molar-refractivity contribution in [3.05, 3.63) is 41.3 Å². The third-order valence-corrected chi connectivity index (χ3v) is 6.27. The normalized spacial score (nSPS) is 15.5. The van der Waals surface area contributed by atoms with E-state index >= 15 is 0 Å². The monoisotopic (exact) mass is 377 g/mol. The van der Waals surface area contributed by atoms with Crippen molar-refractivity contribution in [3.63, 3.8) is 0 Å². The SMILES string of the molecule is CCCNC(=O)C1(c2ccc(NS(=O)(=O)c3c(C)noc3C)cc2)CC1. The number of carbonyl (C=O) groups is 1. The van der Waals surface area contributed by atoms with Crippen LogP contribution in [0.1, 0.15) is 43.2 Å². The molecule has 2 N–H and O–H groups in total. The summed E-state index contributed by atoms with van der Waals surface area (Å²) >= 11 is 0. The Morgan fingerprint density at radius 3 is 2.38 bits per heavy atom. The lowest BCUT2D eigenvalue weighted by atomic mass is 9.95. The number of sulfonamides is 1. The Morgan fingerprint density at radius 1 is 1.23 bits per heavy atom. The van der Waals surface area contributed by atoms with E-state index in [1.165, 1.54) is 0 Å². The zero-order valence-corrected chi connectivity index (χ0v) is 15.9. The van der Waals surface area contributed by atoms with Gasteiger partial charge in [0.05, 0.1) is 5.41 Å². The van der Waals surface area contributed by atoms with Gasteiger partial charge in [-0.25, -0.2) is 8.42 Å². The number of aryl methyl sites for hydroxylation is 2. The van der Waals surface area contributed by atoms with Crippen LogP contribution in [-0.4, -0.2) is 26.0 Å². The molecule has 8 heteroatoms. The second-order valence-electron chi connectivity index (χ2n) is 6.67. The summed E-state index contributed by atoms with van der Waals surface area (Å²) in [7, 11) is -3.78. The van der Waals surface area contributed by atoms with Gasteiger partial charge in [-0.2, -0.15) is 0 Å². The highest BCUT2D eigenvalue weighted by Gasteiger charge is 2.50. The van der Waals surface area contributed by atoms with Crippen molar-refractivity contribution in [2.75, 3.05) is 11.3 Å². The highest BCUT2D eigenvalue weighted by Crippen LogP contribution is 2.48. The van der Waals surface area contributed by atoms with Crippen LogP contribution in [0.3, 0.4) is 0 Å². The van der Waals surface area contributed by atoms with Crippen molar-refractivity contribution in [1.82, 2.24) is 10.5 Å². The maximum atomic E-state index is 12.5. The summed E-state index contributed by atoms with van der Waals surface area (Å²) < 4.78 is 32.6. The van der Waals surface area contributed by atoms with Crippen molar-refractivity contribution in [2.24, 2.45) is 0 Å². The van der Waals surface area contributed by atoms with Crippen LogP contribution in [0, 0.1) is 13.8 Å². The highest BCUT2D eigenvalue weighted by atomic mass is 32.2. The van der Waals surface area contributed by atoms with Crippen LogP contribution in [0.5, 0.6) is 0 Å². The second kappa shape index (κ2) is 6.75. The number of aromatic nitrogens is 1. The molecule has 2 aromatic rings. The molecule has 1 amide bonds. The summed E-state index contributed by atoms with van der Waals surface area (Å²) in [4.78, 5) is 12.4. The van der Waals surface area contributed by atoms with Gasteiger partial charge < -0.3 is 9.84 Å². The Balaban J connectivity index is 1.78. The Kier molecular flexibility index (Phi) is 4.79. The summed E-state index contributed by atoms with van der Waals surface area (Å²) in [5, 5.41) is 6.63. The average Bonchev–Trinajstić information content (AvgIpc) is 3.33. The lowest BCUT2D eigenvalue weighted by Gasteiger charge is -2.16. The lowest BCUT2D eigenvalue weighted by Crippen LogP contribution is -2.35. The predicted molar refractivity (Wildman–Crippen MR) is 97.4 cm³/mol. The van der Waals surface area contributed by atoms with Gasteiger partial charge in [0.2, 0.25) is 5.91 Å². The second-order valence-corrected chi connectivity index (χ2v) is 8.29. The van der Waals surface area contributed by atoms with Gasteiger partial charge in [0, 0.05) is 12.2 Å². The first-order valence-electron chi connectivity index (χ1n) is 8.65. The van der Waals surface area contributed by atoms with Crippen molar-refractivity contribution in [1.29, 1.82) is 0 Å². The molecule has 0 atom stereocenters. The summed E-state index contributed by atoms with van der Waals surface area (Å²) in [6.45, 7) is 5.82. The fourth-order valence-corrected chi connectivity index (χ4v) is 4.49. The number of hydrogen-bond donors (Lipinski definition) is 2. The molecule has 7 nitrogen and oxygen atoms in total. The van der Waals surface area contributed by atoms with E-state index in [4.69, 9.17) is 4.52 Å². The minimum absolute atomic E-state index is 0.0448. The first kappa shape index (κ1) is 18.4. The van der Waals surface area contributed by atoms with E-state index < -0.39 is 15.4 Å². The maximum Gasteiger partial charge on any atom is 0.267 e. The number of benzene rings is 1. The van der Waals surface area contributed by atoms with E-state index in [0.717, 1.165) is 24.8 Å². The number of rotatable bonds is 7. The number of anilines is 1. The third-order valence-electron chi connectivity index (χ3n) is 4.65. The molecule has 140 valence electrons. The molecular formula is C18H23N3O4S. The highest BCUT2D eigenvalue weighted by molar-refractivity contribution is 7.92. The van der Waals surface area contributed by atoms with Gasteiger partial charge in [-0.15, -0.1) is 0 Å². The van der Waals surface area contributed by atoms with Crippen molar-refractivity contribution < 1.29 is 17.7 Å². The Morgan fingerprint density at radius 2 is 1.88 bits per heavy atom. The predicted octanol–water partition coefficient (Wildman–Crippen LogP) is 2.65. The molecule has 0 unspecified atom stereocenters. The van der Waals surface area contributed by atoms with Crippen LogP contribution >= 0.6 is 0 Å². The molecule has 0 bridgehead atoms. The zero-order chi connectivity index (χ0) is 18.9. The number of carbonyl (C=O) groups excluding carboxylic acids is 1. The standard InChI is InChI=1S/C18H23N3O4S/c1-4-11-19-17(22)18(9-10-18)14-5-7-15(8-6-14)21-26(23,24)16-12(2)20-25-13(16)3/h5-8,21H,4,9-11H2,1-3H3,(H,19,22). The Hall–Kier alpha value is -2.35. The van der Waals surface area contributed by atoms with Gasteiger partial charge in [0.15, 0.2) is 10.7 Å². The molecule has 1 fully saturated rings. The molecular weight excluding hydrogens is 354 g/mol. The van der Waals surface area contributed by atoms with Gasteiger partial charge in [0.1, 0.15) is 5.69 Å². The fourth-order valence-electron chi connectivity index (χ4n) is 3.10. The molecule has 1 heterocycles. The minimum atomic E-state index is -3.78. The van der Waals surface area contributed by atoms with Gasteiger partial charge in [-0.05, 0) is 50.8 Å². The first-order chi connectivity index (χ1) is 12.3. The Labute approximate surface area is 153 Å². The fraction of sp³-hybridized carbons (Fsp3) is 0.444. The van der Waals surface area contributed by atoms with Gasteiger partial charge in [-0.1, -0.05) is 24.2 Å². The molecule has 0 saturated heterocycles. The van der Waals surface area contributed by atoms with Crippen LogP contribution in [-0.2, 0) is 20.2 Å². The van der Waals surface area contributed by atoms with E-state index in [2.05, 4.69) is 15.2 Å². The molecule has 3 rings (SSSR count). The van der Waals surface area contributed by atoms with Crippen molar-refractivity contribution in [2.45, 2.75) is 50.3 Å². The number of nitrogens with zero attached hydrogens (tertiary/aromatic N) is 1. The van der Waals surface area contributed by atoms with E-state index in [9.17, 15) is 13.2 Å². The quantitative estimate of drug-likeness (QED) is 0.772. The Bertz CT molecular complexity index is 893. The van der Waals surface area contributed by atoms with Crippen molar-refractivity contribution >= 4 is 21.6 Å². The van der Waals surface area contributed by atoms with E-state index in [-0.39, 0.29) is 16.6 Å². The molecule has 1 aromatic carbocycles. The van der Waals surface area contributed by atoms with Crippen LogP contribution in [0.4, 0.5) is 5.69 Å². The summed E-state index contributed by atoms with van der Waals surface area (Å²) in [5.41, 5.74) is 1.19. The molecule has 0 aliphatic heterocycles. The lowest BCUT2D eigenvalue weighted by molar-refractivity contribution is -0.123. The maximum absolute atomic E-state index is 12.5. The molecule has 1 aliphatic carbocycles. The number of amides is 1.